The molecule has 0 fully saturated rings. The van der Waals surface area contributed by atoms with Crippen LogP contribution >= 0.6 is 35.0 Å². The maximum Gasteiger partial charge on any atom is 0.371 e. The summed E-state index contributed by atoms with van der Waals surface area (Å²) >= 11 is 13.4. The zero-order chi connectivity index (χ0) is 13.1. The number of hydrogen-bond donors (Lipinski definition) is 1. The van der Waals surface area contributed by atoms with Crippen molar-refractivity contribution in [3.63, 3.8) is 0 Å². The Labute approximate surface area is 118 Å². The van der Waals surface area contributed by atoms with Gasteiger partial charge >= 0.3 is 5.97 Å². The molecule has 6 heteroatoms. The minimum atomic E-state index is -1.08. The van der Waals surface area contributed by atoms with Gasteiger partial charge in [0.1, 0.15) is 5.76 Å². The van der Waals surface area contributed by atoms with Crippen molar-refractivity contribution in [1.82, 2.24) is 0 Å². The fourth-order valence-electron chi connectivity index (χ4n) is 1.33. The highest BCUT2D eigenvalue weighted by Gasteiger charge is 2.11. The monoisotopic (exact) mass is 302 g/mol. The number of benzene rings is 1. The zero-order valence-electron chi connectivity index (χ0n) is 9.02. The van der Waals surface area contributed by atoms with Crippen molar-refractivity contribution in [2.75, 3.05) is 0 Å². The van der Waals surface area contributed by atoms with Crippen LogP contribution in [-0.4, -0.2) is 11.1 Å². The molecular weight excluding hydrogens is 295 g/mol. The van der Waals surface area contributed by atoms with Crippen molar-refractivity contribution in [1.29, 1.82) is 0 Å². The van der Waals surface area contributed by atoms with Gasteiger partial charge < -0.3 is 9.52 Å². The predicted molar refractivity (Wildman–Crippen MR) is 71.7 cm³/mol. The molecule has 2 rings (SSSR count). The largest absolute Gasteiger partial charge is 0.475 e. The van der Waals surface area contributed by atoms with E-state index in [4.69, 9.17) is 32.7 Å². The fourth-order valence-corrected chi connectivity index (χ4v) is 2.91. The molecule has 1 heterocycles. The van der Waals surface area contributed by atoms with Crippen LogP contribution in [0.2, 0.25) is 10.0 Å². The lowest BCUT2D eigenvalue weighted by Crippen LogP contribution is -1.91. The van der Waals surface area contributed by atoms with Gasteiger partial charge in [0.25, 0.3) is 0 Å². The molecule has 0 aliphatic rings. The Hall–Kier alpha value is -1.10. The molecule has 0 bridgehead atoms. The van der Waals surface area contributed by atoms with Crippen LogP contribution in [0.15, 0.2) is 39.6 Å². The first-order chi connectivity index (χ1) is 8.58. The average molecular weight is 303 g/mol. The lowest BCUT2D eigenvalue weighted by Gasteiger charge is -2.04. The zero-order valence-corrected chi connectivity index (χ0v) is 11.4. The molecule has 0 unspecified atom stereocenters. The summed E-state index contributed by atoms with van der Waals surface area (Å²) in [5.41, 5.74) is 0. The highest BCUT2D eigenvalue weighted by molar-refractivity contribution is 7.98. The maximum atomic E-state index is 10.7. The molecule has 1 aromatic carbocycles. The van der Waals surface area contributed by atoms with E-state index < -0.39 is 5.97 Å². The first-order valence-electron chi connectivity index (χ1n) is 4.96. The molecule has 0 aliphatic heterocycles. The van der Waals surface area contributed by atoms with Crippen molar-refractivity contribution in [2.45, 2.75) is 10.6 Å². The number of aromatic carboxylic acids is 1. The number of hydrogen-bond acceptors (Lipinski definition) is 3. The molecule has 1 N–H and O–H groups in total. The van der Waals surface area contributed by atoms with Crippen molar-refractivity contribution >= 4 is 40.9 Å². The lowest BCUT2D eigenvalue weighted by atomic mass is 10.4. The third-order valence-corrected chi connectivity index (χ3v) is 4.16. The van der Waals surface area contributed by atoms with Crippen LogP contribution in [0.1, 0.15) is 16.3 Å². The van der Waals surface area contributed by atoms with E-state index in [9.17, 15) is 4.79 Å². The van der Waals surface area contributed by atoms with Gasteiger partial charge in [-0.15, -0.1) is 11.8 Å². The van der Waals surface area contributed by atoms with E-state index in [1.54, 1.807) is 24.3 Å². The van der Waals surface area contributed by atoms with E-state index in [1.807, 2.05) is 0 Å². The van der Waals surface area contributed by atoms with Crippen molar-refractivity contribution in [3.05, 3.63) is 51.9 Å². The van der Waals surface area contributed by atoms with E-state index in [0.717, 1.165) is 4.90 Å². The topological polar surface area (TPSA) is 50.4 Å². The first kappa shape index (κ1) is 13.3. The molecule has 0 saturated heterocycles. The molecule has 2 aromatic rings. The number of thioether (sulfide) groups is 1. The fraction of sp³-hybridized carbons (Fsp3) is 0.0833. The molecule has 0 spiro atoms. The Kier molecular flexibility index (Phi) is 4.22. The van der Waals surface area contributed by atoms with Crippen LogP contribution < -0.4 is 0 Å². The maximum absolute atomic E-state index is 10.7. The van der Waals surface area contributed by atoms with E-state index in [0.29, 0.717) is 21.6 Å². The average Bonchev–Trinajstić information content (AvgIpc) is 2.77. The molecule has 0 amide bonds. The van der Waals surface area contributed by atoms with Crippen LogP contribution in [0.25, 0.3) is 0 Å². The molecule has 3 nitrogen and oxygen atoms in total. The molecule has 0 aliphatic carbocycles. The van der Waals surface area contributed by atoms with E-state index in [2.05, 4.69) is 0 Å². The Morgan fingerprint density at radius 1 is 1.22 bits per heavy atom. The van der Waals surface area contributed by atoms with Crippen LogP contribution in [0.5, 0.6) is 0 Å². The van der Waals surface area contributed by atoms with Gasteiger partial charge in [-0.05, 0) is 24.3 Å². The van der Waals surface area contributed by atoms with Gasteiger partial charge in [0, 0.05) is 4.90 Å². The molecule has 0 radical (unpaired) electrons. The number of rotatable bonds is 4. The van der Waals surface area contributed by atoms with Gasteiger partial charge in [0.05, 0.1) is 15.8 Å². The van der Waals surface area contributed by atoms with Crippen molar-refractivity contribution in [2.24, 2.45) is 0 Å². The summed E-state index contributed by atoms with van der Waals surface area (Å²) in [5.74, 6) is -0.122. The van der Waals surface area contributed by atoms with Gasteiger partial charge in [-0.3, -0.25) is 0 Å². The molecule has 1 aromatic heterocycles. The Bertz CT molecular complexity index is 560. The van der Waals surface area contributed by atoms with Gasteiger partial charge in [-0.25, -0.2) is 4.79 Å². The van der Waals surface area contributed by atoms with E-state index in [-0.39, 0.29) is 5.76 Å². The Morgan fingerprint density at radius 2 is 1.89 bits per heavy atom. The second-order valence-electron chi connectivity index (χ2n) is 3.41. The number of furan rings is 1. The Balaban J connectivity index is 2.09. The number of carboxylic acid groups (broad SMARTS) is 1. The van der Waals surface area contributed by atoms with Crippen LogP contribution in [0.4, 0.5) is 0 Å². The van der Waals surface area contributed by atoms with Gasteiger partial charge in [-0.2, -0.15) is 0 Å². The number of carbonyl (C=O) groups is 1. The standard InChI is InChI=1S/C12H8Cl2O3S/c13-8-2-1-3-9(14)11(8)18-6-7-4-5-10(17-7)12(15)16/h1-5H,6H2,(H,15,16). The van der Waals surface area contributed by atoms with Crippen molar-refractivity contribution in [3.8, 4) is 0 Å². The molecule has 0 atom stereocenters. The third kappa shape index (κ3) is 3.02. The summed E-state index contributed by atoms with van der Waals surface area (Å²) in [6.45, 7) is 0. The summed E-state index contributed by atoms with van der Waals surface area (Å²) in [6, 6.07) is 8.32. The lowest BCUT2D eigenvalue weighted by molar-refractivity contribution is 0.0661. The van der Waals surface area contributed by atoms with Gasteiger partial charge in [0.15, 0.2) is 0 Å². The summed E-state index contributed by atoms with van der Waals surface area (Å²) in [7, 11) is 0. The minimum absolute atomic E-state index is 0.0733. The van der Waals surface area contributed by atoms with Gasteiger partial charge in [-0.1, -0.05) is 29.3 Å². The Morgan fingerprint density at radius 3 is 2.44 bits per heavy atom. The normalized spacial score (nSPS) is 10.6. The highest BCUT2D eigenvalue weighted by atomic mass is 35.5. The second-order valence-corrected chi connectivity index (χ2v) is 5.21. The second kappa shape index (κ2) is 5.69. The molecular formula is C12H8Cl2O3S. The van der Waals surface area contributed by atoms with Gasteiger partial charge in [0.2, 0.25) is 5.76 Å². The number of carboxylic acids is 1. The molecule has 0 saturated carbocycles. The summed E-state index contributed by atoms with van der Waals surface area (Å²) in [6.07, 6.45) is 0. The smallest absolute Gasteiger partial charge is 0.371 e. The molecule has 18 heavy (non-hydrogen) atoms. The van der Waals surface area contributed by atoms with Crippen LogP contribution in [0, 0.1) is 0 Å². The number of halogens is 2. The summed E-state index contributed by atoms with van der Waals surface area (Å²) in [5, 5.41) is 9.86. The van der Waals surface area contributed by atoms with Crippen molar-refractivity contribution < 1.29 is 14.3 Å². The van der Waals surface area contributed by atoms with E-state index >= 15 is 0 Å². The van der Waals surface area contributed by atoms with E-state index in [1.165, 1.54) is 17.8 Å². The predicted octanol–water partition coefficient (Wildman–Crippen LogP) is 4.58. The highest BCUT2D eigenvalue weighted by Crippen LogP contribution is 2.35. The molecule has 94 valence electrons. The summed E-state index contributed by atoms with van der Waals surface area (Å²) in [4.78, 5) is 11.4. The third-order valence-electron chi connectivity index (χ3n) is 2.15. The quantitative estimate of drug-likeness (QED) is 0.840. The van der Waals surface area contributed by atoms with Crippen LogP contribution in [0.3, 0.4) is 0 Å². The summed E-state index contributed by atoms with van der Waals surface area (Å²) < 4.78 is 5.14. The first-order valence-corrected chi connectivity index (χ1v) is 6.71. The SMILES string of the molecule is O=C(O)c1ccc(CSc2c(Cl)cccc2Cl)o1. The minimum Gasteiger partial charge on any atom is -0.475 e. The van der Waals surface area contributed by atoms with Crippen LogP contribution in [-0.2, 0) is 5.75 Å².